The van der Waals surface area contributed by atoms with E-state index in [-0.39, 0.29) is 0 Å². The van der Waals surface area contributed by atoms with E-state index in [1.807, 2.05) is 0 Å². The van der Waals surface area contributed by atoms with E-state index < -0.39 is 24.6 Å². The molecule has 0 N–H and O–H groups in total. The molecule has 0 aliphatic heterocycles. The molecular formula is C19H16Hg. The van der Waals surface area contributed by atoms with Gasteiger partial charge in [-0.15, -0.1) is 0 Å². The minimum absolute atomic E-state index is 0.798. The second-order valence-electron chi connectivity index (χ2n) is 5.00. The van der Waals surface area contributed by atoms with E-state index in [9.17, 15) is 0 Å². The van der Waals surface area contributed by atoms with Crippen molar-refractivity contribution in [3.05, 3.63) is 78.9 Å². The van der Waals surface area contributed by atoms with Crippen molar-refractivity contribution in [2.45, 2.75) is 4.43 Å². The predicted octanol–water partition coefficient (Wildman–Crippen LogP) is 4.78. The Kier molecular flexibility index (Phi) is 4.32. The van der Waals surface area contributed by atoms with Gasteiger partial charge in [0.15, 0.2) is 0 Å². The van der Waals surface area contributed by atoms with Crippen LogP contribution in [0.1, 0.15) is 0 Å². The molecule has 0 aliphatic rings. The molecule has 0 radical (unpaired) electrons. The summed E-state index contributed by atoms with van der Waals surface area (Å²) in [5.41, 5.74) is 5.23. The summed E-state index contributed by atoms with van der Waals surface area (Å²) in [6, 6.07) is 28.5. The Hall–Kier alpha value is -1.40. The van der Waals surface area contributed by atoms with Crippen molar-refractivity contribution in [1.82, 2.24) is 0 Å². The van der Waals surface area contributed by atoms with Gasteiger partial charge in [-0.1, -0.05) is 0 Å². The molecule has 0 saturated carbocycles. The molecule has 0 heterocycles. The summed E-state index contributed by atoms with van der Waals surface area (Å²) in [7, 11) is 0. The van der Waals surface area contributed by atoms with Gasteiger partial charge in [0.1, 0.15) is 0 Å². The Labute approximate surface area is 132 Å². The molecule has 0 aliphatic carbocycles. The van der Waals surface area contributed by atoms with Crippen LogP contribution in [0, 0.1) is 0 Å². The molecule has 94 valence electrons. The van der Waals surface area contributed by atoms with E-state index in [0.717, 1.165) is 0 Å². The van der Waals surface area contributed by atoms with Crippen LogP contribution in [0.25, 0.3) is 22.3 Å². The fourth-order valence-corrected chi connectivity index (χ4v) is 5.57. The zero-order valence-corrected chi connectivity index (χ0v) is 17.2. The van der Waals surface area contributed by atoms with Crippen molar-refractivity contribution >= 4 is 3.07 Å². The van der Waals surface area contributed by atoms with E-state index in [4.69, 9.17) is 0 Å². The molecule has 0 spiro atoms. The summed E-state index contributed by atoms with van der Waals surface area (Å²) in [4.78, 5) is 0. The first-order chi connectivity index (χ1) is 9.86. The Morgan fingerprint density at radius 1 is 0.550 bits per heavy atom. The number of hydrogen-bond donors (Lipinski definition) is 0. The quantitative estimate of drug-likeness (QED) is 0.510. The van der Waals surface area contributed by atoms with Gasteiger partial charge < -0.3 is 0 Å². The molecule has 20 heavy (non-hydrogen) atoms. The Morgan fingerprint density at radius 3 is 1.80 bits per heavy atom. The van der Waals surface area contributed by atoms with Crippen LogP contribution in [0.4, 0.5) is 0 Å². The molecule has 0 aromatic heterocycles. The summed E-state index contributed by atoms with van der Waals surface area (Å²) in [6.45, 7) is 0. The summed E-state index contributed by atoms with van der Waals surface area (Å²) in [5, 5.41) is 0. The van der Waals surface area contributed by atoms with Gasteiger partial charge in [-0.2, -0.15) is 0 Å². The van der Waals surface area contributed by atoms with Gasteiger partial charge in [-0.25, -0.2) is 0 Å². The van der Waals surface area contributed by atoms with Crippen LogP contribution in [-0.2, 0) is 24.6 Å². The first-order valence-corrected chi connectivity index (χ1v) is 15.4. The number of rotatable bonds is 3. The van der Waals surface area contributed by atoms with Crippen LogP contribution in [0.5, 0.6) is 0 Å². The van der Waals surface area contributed by atoms with Crippen molar-refractivity contribution in [3.63, 3.8) is 0 Å². The van der Waals surface area contributed by atoms with Crippen molar-refractivity contribution in [1.29, 1.82) is 0 Å². The van der Waals surface area contributed by atoms with Crippen LogP contribution in [0.2, 0.25) is 4.43 Å². The Bertz CT molecular complexity index is 702. The fourth-order valence-electron chi connectivity index (χ4n) is 2.48. The van der Waals surface area contributed by atoms with Crippen molar-refractivity contribution in [3.8, 4) is 22.3 Å². The summed E-state index contributed by atoms with van der Waals surface area (Å²) in [6.07, 6.45) is 0. The first-order valence-electron chi connectivity index (χ1n) is 7.11. The zero-order valence-electron chi connectivity index (χ0n) is 11.7. The van der Waals surface area contributed by atoms with Crippen LogP contribution in [-0.4, -0.2) is 0 Å². The average Bonchev–Trinajstić information content (AvgIpc) is 2.56. The monoisotopic (exact) mass is 446 g/mol. The Morgan fingerprint density at radius 2 is 1.10 bits per heavy atom. The molecule has 3 aromatic rings. The van der Waals surface area contributed by atoms with Crippen molar-refractivity contribution < 1.29 is 24.6 Å². The van der Waals surface area contributed by atoms with Crippen LogP contribution in [0.3, 0.4) is 0 Å². The molecule has 1 heteroatoms. The van der Waals surface area contributed by atoms with E-state index in [1.165, 1.54) is 22.3 Å². The van der Waals surface area contributed by atoms with Crippen LogP contribution >= 0.6 is 0 Å². The number of hydrogen-bond acceptors (Lipinski definition) is 0. The maximum atomic E-state index is 2.42. The Balaban J connectivity index is 2.03. The molecule has 0 amide bonds. The normalized spacial score (nSPS) is 10.1. The molecule has 0 bridgehead atoms. The van der Waals surface area contributed by atoms with E-state index in [1.54, 1.807) is 3.07 Å². The molecule has 0 fully saturated rings. The number of benzene rings is 3. The first kappa shape index (κ1) is 13.6. The molecule has 0 atom stereocenters. The van der Waals surface area contributed by atoms with Crippen LogP contribution < -0.4 is 3.07 Å². The molecule has 0 saturated heterocycles. The van der Waals surface area contributed by atoms with E-state index in [2.05, 4.69) is 83.3 Å². The minimum atomic E-state index is -0.798. The summed E-state index contributed by atoms with van der Waals surface area (Å²) >= 11 is -0.798. The van der Waals surface area contributed by atoms with Gasteiger partial charge in [0.2, 0.25) is 0 Å². The second kappa shape index (κ2) is 6.36. The van der Waals surface area contributed by atoms with Gasteiger partial charge >= 0.3 is 133 Å². The van der Waals surface area contributed by atoms with Gasteiger partial charge in [0.05, 0.1) is 0 Å². The topological polar surface area (TPSA) is 0 Å². The molecule has 0 nitrogen and oxygen atoms in total. The van der Waals surface area contributed by atoms with Crippen molar-refractivity contribution in [2.24, 2.45) is 0 Å². The summed E-state index contributed by atoms with van der Waals surface area (Å²) in [5.74, 6) is 0. The molecule has 3 rings (SSSR count). The third kappa shape index (κ3) is 3.01. The fraction of sp³-hybridized carbons (Fsp3) is 0.0526. The van der Waals surface area contributed by atoms with E-state index in [0.29, 0.717) is 0 Å². The SMILES string of the molecule is [CH3][Hg][c]1cccc(-c2cccc(-c3ccccc3)c2)c1. The standard InChI is InChI=1S/C18H13.CH3.Hg/c1-3-8-15(9-4-1)17-12-7-13-18(14-17)16-10-5-2-6-11-16;;/h1-5,7-14H;1H3;. The molecular weight excluding hydrogens is 429 g/mol. The second-order valence-corrected chi connectivity index (χ2v) is 10.9. The van der Waals surface area contributed by atoms with E-state index >= 15 is 0 Å². The van der Waals surface area contributed by atoms with Gasteiger partial charge in [-0.3, -0.25) is 0 Å². The average molecular weight is 445 g/mol. The van der Waals surface area contributed by atoms with Gasteiger partial charge in [0, 0.05) is 0 Å². The molecule has 0 unspecified atom stereocenters. The maximum absolute atomic E-state index is 2.42. The van der Waals surface area contributed by atoms with Gasteiger partial charge in [-0.05, 0) is 0 Å². The van der Waals surface area contributed by atoms with Gasteiger partial charge in [0.25, 0.3) is 0 Å². The third-order valence-corrected chi connectivity index (χ3v) is 8.52. The molecule has 3 aromatic carbocycles. The predicted molar refractivity (Wildman–Crippen MR) is 82.8 cm³/mol. The third-order valence-electron chi connectivity index (χ3n) is 3.64. The zero-order chi connectivity index (χ0) is 13.8. The van der Waals surface area contributed by atoms with Crippen LogP contribution in [0.15, 0.2) is 78.9 Å². The summed E-state index contributed by atoms with van der Waals surface area (Å²) < 4.78 is 4.02. The van der Waals surface area contributed by atoms with Crippen molar-refractivity contribution in [2.75, 3.05) is 0 Å².